The Kier molecular flexibility index (Phi) is 4.28. The van der Waals surface area contributed by atoms with Crippen LogP contribution in [0.25, 0.3) is 0 Å². The molecule has 0 saturated carbocycles. The van der Waals surface area contributed by atoms with Gasteiger partial charge in [-0.25, -0.2) is 0 Å². The van der Waals surface area contributed by atoms with E-state index in [1.807, 2.05) is 17.0 Å². The highest BCUT2D eigenvalue weighted by Crippen LogP contribution is 2.17. The molecule has 1 aromatic rings. The van der Waals surface area contributed by atoms with Crippen LogP contribution in [-0.2, 0) is 22.5 Å². The van der Waals surface area contributed by atoms with Gasteiger partial charge in [0.1, 0.15) is 0 Å². The van der Waals surface area contributed by atoms with E-state index < -0.39 is 6.04 Å². The molecule has 0 saturated heterocycles. The Labute approximate surface area is 107 Å². The van der Waals surface area contributed by atoms with Crippen LogP contribution < -0.4 is 5.73 Å². The lowest BCUT2D eigenvalue weighted by atomic mass is 10.0. The average molecular weight is 249 g/mol. The van der Waals surface area contributed by atoms with Crippen molar-refractivity contribution in [3.8, 4) is 0 Å². The maximum atomic E-state index is 12.1. The van der Waals surface area contributed by atoms with Crippen molar-refractivity contribution >= 4 is 5.91 Å². The Bertz CT molecular complexity index is 422. The van der Waals surface area contributed by atoms with Crippen LogP contribution in [0, 0.1) is 0 Å². The van der Waals surface area contributed by atoms with E-state index in [0.717, 1.165) is 17.7 Å². The normalized spacial score (nSPS) is 16.2. The van der Waals surface area contributed by atoms with Crippen LogP contribution in [0.5, 0.6) is 0 Å². The molecule has 1 amide bonds. The number of hydrogen-bond acceptors (Lipinski definition) is 4. The highest BCUT2D eigenvalue weighted by atomic mass is 16.5. The van der Waals surface area contributed by atoms with Crippen LogP contribution in [0.2, 0.25) is 0 Å². The predicted octanol–water partition coefficient (Wildman–Crippen LogP) is 0.330. The van der Waals surface area contributed by atoms with Crippen LogP contribution in [0.1, 0.15) is 17.7 Å². The van der Waals surface area contributed by atoms with Crippen molar-refractivity contribution in [2.24, 2.45) is 5.73 Å². The number of carbonyl (C=O) groups excluding carboxylic acids is 1. The largest absolute Gasteiger partial charge is 0.385 e. The summed E-state index contributed by atoms with van der Waals surface area (Å²) in [5.74, 6) is 0.00144. The third-order valence-electron chi connectivity index (χ3n) is 3.23. The lowest BCUT2D eigenvalue weighted by molar-refractivity contribution is -0.134. The third kappa shape index (κ3) is 2.86. The number of pyridine rings is 1. The SMILES string of the molecule is COCCC(N)C(=O)N1CCc2ncccc2C1. The van der Waals surface area contributed by atoms with Crippen LogP contribution in [0.3, 0.4) is 0 Å². The Morgan fingerprint density at radius 1 is 1.67 bits per heavy atom. The molecule has 98 valence electrons. The summed E-state index contributed by atoms with van der Waals surface area (Å²) in [6.45, 7) is 1.82. The minimum atomic E-state index is -0.469. The second-order valence-corrected chi connectivity index (χ2v) is 4.51. The van der Waals surface area contributed by atoms with Gasteiger partial charge >= 0.3 is 0 Å². The van der Waals surface area contributed by atoms with Crippen molar-refractivity contribution in [1.29, 1.82) is 0 Å². The molecule has 0 aromatic carbocycles. The topological polar surface area (TPSA) is 68.5 Å². The van der Waals surface area contributed by atoms with Gasteiger partial charge in [0.25, 0.3) is 0 Å². The zero-order valence-corrected chi connectivity index (χ0v) is 10.6. The number of nitrogens with zero attached hydrogens (tertiary/aromatic N) is 2. The van der Waals surface area contributed by atoms with Gasteiger partial charge in [-0.1, -0.05) is 6.07 Å². The van der Waals surface area contributed by atoms with Crippen LogP contribution in [0.4, 0.5) is 0 Å². The number of nitrogens with two attached hydrogens (primary N) is 1. The van der Waals surface area contributed by atoms with E-state index in [1.165, 1.54) is 0 Å². The first-order valence-corrected chi connectivity index (χ1v) is 6.18. The zero-order chi connectivity index (χ0) is 13.0. The fraction of sp³-hybridized carbons (Fsp3) is 0.538. The molecule has 18 heavy (non-hydrogen) atoms. The number of amides is 1. The van der Waals surface area contributed by atoms with Crippen LogP contribution >= 0.6 is 0 Å². The quantitative estimate of drug-likeness (QED) is 0.835. The molecule has 0 radical (unpaired) electrons. The number of hydrogen-bond donors (Lipinski definition) is 1. The number of ether oxygens (including phenoxy) is 1. The monoisotopic (exact) mass is 249 g/mol. The van der Waals surface area contributed by atoms with E-state index in [2.05, 4.69) is 4.98 Å². The Morgan fingerprint density at radius 3 is 3.28 bits per heavy atom. The molecular weight excluding hydrogens is 230 g/mol. The van der Waals surface area contributed by atoms with Gasteiger partial charge in [0, 0.05) is 45.1 Å². The number of rotatable bonds is 4. The van der Waals surface area contributed by atoms with Crippen LogP contribution in [0.15, 0.2) is 18.3 Å². The molecule has 5 nitrogen and oxygen atoms in total. The van der Waals surface area contributed by atoms with Crippen molar-refractivity contribution in [3.05, 3.63) is 29.6 Å². The van der Waals surface area contributed by atoms with E-state index in [4.69, 9.17) is 10.5 Å². The van der Waals surface area contributed by atoms with Gasteiger partial charge in [-0.05, 0) is 18.1 Å². The highest BCUT2D eigenvalue weighted by molar-refractivity contribution is 5.81. The molecule has 1 aliphatic rings. The first-order chi connectivity index (χ1) is 8.72. The summed E-state index contributed by atoms with van der Waals surface area (Å²) in [6.07, 6.45) is 3.16. The second-order valence-electron chi connectivity index (χ2n) is 4.51. The van der Waals surface area contributed by atoms with E-state index in [1.54, 1.807) is 13.3 Å². The molecule has 5 heteroatoms. The Hall–Kier alpha value is -1.46. The van der Waals surface area contributed by atoms with E-state index >= 15 is 0 Å². The molecule has 0 aliphatic carbocycles. The van der Waals surface area contributed by atoms with Gasteiger partial charge in [-0.3, -0.25) is 9.78 Å². The standard InChI is InChI=1S/C13H19N3O2/c1-18-8-5-11(14)13(17)16-7-4-12-10(9-16)3-2-6-15-12/h2-3,6,11H,4-5,7-9,14H2,1H3. The first kappa shape index (κ1) is 13.0. The predicted molar refractivity (Wildman–Crippen MR) is 67.8 cm³/mol. The van der Waals surface area contributed by atoms with Crippen molar-refractivity contribution in [1.82, 2.24) is 9.88 Å². The van der Waals surface area contributed by atoms with E-state index in [-0.39, 0.29) is 5.91 Å². The molecule has 1 aliphatic heterocycles. The third-order valence-corrected chi connectivity index (χ3v) is 3.23. The van der Waals surface area contributed by atoms with E-state index in [9.17, 15) is 4.79 Å². The maximum Gasteiger partial charge on any atom is 0.239 e. The minimum absolute atomic E-state index is 0.00144. The highest BCUT2D eigenvalue weighted by Gasteiger charge is 2.25. The lowest BCUT2D eigenvalue weighted by Gasteiger charge is -2.30. The molecule has 2 rings (SSSR count). The molecule has 2 N–H and O–H groups in total. The number of carbonyl (C=O) groups is 1. The molecule has 2 heterocycles. The van der Waals surface area contributed by atoms with Gasteiger partial charge < -0.3 is 15.4 Å². The van der Waals surface area contributed by atoms with Crippen molar-refractivity contribution in [3.63, 3.8) is 0 Å². The van der Waals surface area contributed by atoms with Gasteiger partial charge in [0.05, 0.1) is 6.04 Å². The summed E-state index contributed by atoms with van der Waals surface area (Å²) in [7, 11) is 1.61. The van der Waals surface area contributed by atoms with Crippen molar-refractivity contribution in [2.75, 3.05) is 20.3 Å². The summed E-state index contributed by atoms with van der Waals surface area (Å²) >= 11 is 0. The number of aromatic nitrogens is 1. The molecule has 0 spiro atoms. The number of methoxy groups -OCH3 is 1. The molecule has 1 unspecified atom stereocenters. The molecule has 0 fully saturated rings. The summed E-state index contributed by atoms with van der Waals surface area (Å²) in [5, 5.41) is 0. The summed E-state index contributed by atoms with van der Waals surface area (Å²) in [6, 6.07) is 3.45. The second kappa shape index (κ2) is 5.93. The van der Waals surface area contributed by atoms with Gasteiger partial charge in [0.2, 0.25) is 5.91 Å². The summed E-state index contributed by atoms with van der Waals surface area (Å²) < 4.78 is 4.95. The van der Waals surface area contributed by atoms with Crippen LogP contribution in [-0.4, -0.2) is 42.1 Å². The number of fused-ring (bicyclic) bond motifs is 1. The van der Waals surface area contributed by atoms with Gasteiger partial charge in [-0.15, -0.1) is 0 Å². The maximum absolute atomic E-state index is 12.1. The minimum Gasteiger partial charge on any atom is -0.385 e. The van der Waals surface area contributed by atoms with Gasteiger partial charge in [-0.2, -0.15) is 0 Å². The fourth-order valence-corrected chi connectivity index (χ4v) is 2.16. The zero-order valence-electron chi connectivity index (χ0n) is 10.6. The Balaban J connectivity index is 1.98. The first-order valence-electron chi connectivity index (χ1n) is 6.18. The van der Waals surface area contributed by atoms with Crippen molar-refractivity contribution in [2.45, 2.75) is 25.4 Å². The van der Waals surface area contributed by atoms with Crippen molar-refractivity contribution < 1.29 is 9.53 Å². The smallest absolute Gasteiger partial charge is 0.239 e. The fourth-order valence-electron chi connectivity index (χ4n) is 2.16. The Morgan fingerprint density at radius 2 is 2.50 bits per heavy atom. The summed E-state index contributed by atoms with van der Waals surface area (Å²) in [5.41, 5.74) is 8.08. The lowest BCUT2D eigenvalue weighted by Crippen LogP contribution is -2.46. The average Bonchev–Trinajstić information content (AvgIpc) is 2.43. The van der Waals surface area contributed by atoms with Gasteiger partial charge in [0.15, 0.2) is 0 Å². The molecular formula is C13H19N3O2. The molecule has 1 aromatic heterocycles. The van der Waals surface area contributed by atoms with E-state index in [0.29, 0.717) is 26.1 Å². The molecule has 1 atom stereocenters. The molecule has 0 bridgehead atoms. The summed E-state index contributed by atoms with van der Waals surface area (Å²) in [4.78, 5) is 18.3.